The number of amides is 2. The minimum Gasteiger partial charge on any atom is -0.340 e. The van der Waals surface area contributed by atoms with Crippen molar-refractivity contribution >= 4 is 29.1 Å². The average molecular weight is 336 g/mol. The maximum absolute atomic E-state index is 12.4. The molecule has 0 aromatic heterocycles. The molecule has 1 N–H and O–H groups in total. The van der Waals surface area contributed by atoms with Gasteiger partial charge in [-0.3, -0.25) is 9.59 Å². The van der Waals surface area contributed by atoms with Gasteiger partial charge in [0.15, 0.2) is 0 Å². The lowest BCUT2D eigenvalue weighted by Crippen LogP contribution is -2.48. The van der Waals surface area contributed by atoms with Gasteiger partial charge in [0.05, 0.1) is 11.8 Å². The van der Waals surface area contributed by atoms with Crippen molar-refractivity contribution in [2.75, 3.05) is 38.5 Å². The number of benzene rings is 1. The number of nitrogens with zero attached hydrogens (tertiary/aromatic N) is 2. The number of piperazine rings is 1. The molecule has 2 unspecified atom stereocenters. The smallest absolute Gasteiger partial charge is 0.228 e. The third-order valence-electron chi connectivity index (χ3n) is 4.70. The summed E-state index contributed by atoms with van der Waals surface area (Å²) in [5.41, 5.74) is 1.66. The van der Waals surface area contributed by atoms with E-state index in [0.717, 1.165) is 31.7 Å². The summed E-state index contributed by atoms with van der Waals surface area (Å²) >= 11 is 6.07. The summed E-state index contributed by atoms with van der Waals surface area (Å²) in [6.45, 7) is 5.23. The number of aryl methyl sites for hydroxylation is 1. The fraction of sp³-hybridized carbons (Fsp3) is 0.529. The van der Waals surface area contributed by atoms with Gasteiger partial charge in [0.25, 0.3) is 0 Å². The molecule has 2 aliphatic rings. The van der Waals surface area contributed by atoms with E-state index in [0.29, 0.717) is 17.1 Å². The predicted molar refractivity (Wildman–Crippen MR) is 90.5 cm³/mol. The molecule has 23 heavy (non-hydrogen) atoms. The van der Waals surface area contributed by atoms with Crippen LogP contribution in [0.5, 0.6) is 0 Å². The molecular formula is C17H22ClN3O2. The summed E-state index contributed by atoms with van der Waals surface area (Å²) in [6, 6.07) is 5.45. The van der Waals surface area contributed by atoms with Gasteiger partial charge in [-0.2, -0.15) is 0 Å². The standard InChI is InChI=1S/C17H22ClN3O2/c1-11-3-4-12(9-15(11)18)19-16(22)13-10-14(13)17(23)21-7-5-20(2)6-8-21/h3-4,9,13-14H,5-8,10H2,1-2H3,(H,19,22). The molecule has 1 aromatic rings. The number of hydrogen-bond acceptors (Lipinski definition) is 3. The third kappa shape index (κ3) is 3.67. The van der Waals surface area contributed by atoms with Crippen LogP contribution in [0.2, 0.25) is 5.02 Å². The fourth-order valence-electron chi connectivity index (χ4n) is 2.92. The molecule has 5 nitrogen and oxygen atoms in total. The van der Waals surface area contributed by atoms with Crippen LogP contribution in [-0.4, -0.2) is 54.8 Å². The van der Waals surface area contributed by atoms with Crippen molar-refractivity contribution in [3.8, 4) is 0 Å². The van der Waals surface area contributed by atoms with Crippen molar-refractivity contribution in [2.24, 2.45) is 11.8 Å². The van der Waals surface area contributed by atoms with Crippen LogP contribution in [0.1, 0.15) is 12.0 Å². The second kappa shape index (κ2) is 6.49. The second-order valence-electron chi connectivity index (χ2n) is 6.53. The molecule has 1 aliphatic carbocycles. The van der Waals surface area contributed by atoms with Crippen molar-refractivity contribution in [2.45, 2.75) is 13.3 Å². The Balaban J connectivity index is 1.54. The molecule has 2 atom stereocenters. The molecule has 1 heterocycles. The van der Waals surface area contributed by atoms with E-state index in [1.165, 1.54) is 0 Å². The van der Waals surface area contributed by atoms with Crippen LogP contribution < -0.4 is 5.32 Å². The lowest BCUT2D eigenvalue weighted by molar-refractivity contribution is -0.135. The second-order valence-corrected chi connectivity index (χ2v) is 6.94. The minimum absolute atomic E-state index is 0.0857. The summed E-state index contributed by atoms with van der Waals surface area (Å²) < 4.78 is 0. The average Bonchev–Trinajstić information content (AvgIpc) is 3.32. The van der Waals surface area contributed by atoms with Gasteiger partial charge in [-0.05, 0) is 38.1 Å². The number of nitrogens with one attached hydrogen (secondary N) is 1. The largest absolute Gasteiger partial charge is 0.340 e. The SMILES string of the molecule is Cc1ccc(NC(=O)C2CC2C(=O)N2CCN(C)CC2)cc1Cl. The molecule has 2 amide bonds. The Bertz CT molecular complexity index is 626. The molecule has 2 fully saturated rings. The van der Waals surface area contributed by atoms with Gasteiger partial charge in [0.2, 0.25) is 11.8 Å². The van der Waals surface area contributed by atoms with Crippen LogP contribution in [-0.2, 0) is 9.59 Å². The van der Waals surface area contributed by atoms with E-state index in [1.807, 2.05) is 24.0 Å². The van der Waals surface area contributed by atoms with E-state index in [4.69, 9.17) is 11.6 Å². The highest BCUT2D eigenvalue weighted by atomic mass is 35.5. The summed E-state index contributed by atoms with van der Waals surface area (Å²) in [5, 5.41) is 3.49. The summed E-state index contributed by atoms with van der Waals surface area (Å²) in [7, 11) is 2.06. The van der Waals surface area contributed by atoms with Gasteiger partial charge in [-0.15, -0.1) is 0 Å². The van der Waals surface area contributed by atoms with Crippen LogP contribution >= 0.6 is 11.6 Å². The maximum Gasteiger partial charge on any atom is 0.228 e. The van der Waals surface area contributed by atoms with Gasteiger partial charge in [0, 0.05) is 36.9 Å². The van der Waals surface area contributed by atoms with E-state index in [2.05, 4.69) is 17.3 Å². The molecule has 3 rings (SSSR count). The van der Waals surface area contributed by atoms with Gasteiger partial charge < -0.3 is 15.1 Å². The lowest BCUT2D eigenvalue weighted by atomic mass is 10.2. The topological polar surface area (TPSA) is 52.7 Å². The number of anilines is 1. The fourth-order valence-corrected chi connectivity index (χ4v) is 3.11. The first-order valence-corrected chi connectivity index (χ1v) is 8.38. The summed E-state index contributed by atoms with van der Waals surface area (Å²) in [4.78, 5) is 28.8. The number of rotatable bonds is 3. The van der Waals surface area contributed by atoms with Crippen LogP contribution in [0.15, 0.2) is 18.2 Å². The Labute approximate surface area is 141 Å². The predicted octanol–water partition coefficient (Wildman–Crippen LogP) is 2.00. The van der Waals surface area contributed by atoms with Crippen molar-refractivity contribution in [3.63, 3.8) is 0 Å². The molecular weight excluding hydrogens is 314 g/mol. The number of carbonyl (C=O) groups is 2. The zero-order chi connectivity index (χ0) is 16.6. The summed E-state index contributed by atoms with van der Waals surface area (Å²) in [6.07, 6.45) is 0.649. The Morgan fingerprint density at radius 1 is 1.17 bits per heavy atom. The summed E-state index contributed by atoms with van der Waals surface area (Å²) in [5.74, 6) is -0.320. The molecule has 1 aliphatic heterocycles. The lowest BCUT2D eigenvalue weighted by Gasteiger charge is -2.32. The first-order chi connectivity index (χ1) is 11.0. The van der Waals surface area contributed by atoms with E-state index in [9.17, 15) is 9.59 Å². The van der Waals surface area contributed by atoms with E-state index >= 15 is 0 Å². The van der Waals surface area contributed by atoms with Crippen molar-refractivity contribution < 1.29 is 9.59 Å². The minimum atomic E-state index is -0.206. The molecule has 1 saturated heterocycles. The normalized spacial score (nSPS) is 24.4. The number of carbonyl (C=O) groups excluding carboxylic acids is 2. The molecule has 1 saturated carbocycles. The molecule has 0 spiro atoms. The Morgan fingerprint density at radius 2 is 1.87 bits per heavy atom. The Kier molecular flexibility index (Phi) is 4.60. The van der Waals surface area contributed by atoms with Crippen LogP contribution in [0.25, 0.3) is 0 Å². The highest BCUT2D eigenvalue weighted by Gasteiger charge is 2.49. The molecule has 1 aromatic carbocycles. The quantitative estimate of drug-likeness (QED) is 0.919. The Morgan fingerprint density at radius 3 is 2.52 bits per heavy atom. The van der Waals surface area contributed by atoms with Crippen LogP contribution in [0, 0.1) is 18.8 Å². The highest BCUT2D eigenvalue weighted by molar-refractivity contribution is 6.31. The number of likely N-dealkylation sites (N-methyl/N-ethyl adjacent to an activating group) is 1. The van der Waals surface area contributed by atoms with Crippen LogP contribution in [0.4, 0.5) is 5.69 Å². The van der Waals surface area contributed by atoms with E-state index in [-0.39, 0.29) is 23.7 Å². The first kappa shape index (κ1) is 16.3. The van der Waals surface area contributed by atoms with Crippen molar-refractivity contribution in [1.82, 2.24) is 9.80 Å². The van der Waals surface area contributed by atoms with Crippen LogP contribution in [0.3, 0.4) is 0 Å². The van der Waals surface area contributed by atoms with Gasteiger partial charge in [0.1, 0.15) is 0 Å². The van der Waals surface area contributed by atoms with Crippen molar-refractivity contribution in [1.29, 1.82) is 0 Å². The van der Waals surface area contributed by atoms with E-state index < -0.39 is 0 Å². The van der Waals surface area contributed by atoms with Gasteiger partial charge in [-0.1, -0.05) is 17.7 Å². The number of hydrogen-bond donors (Lipinski definition) is 1. The first-order valence-electron chi connectivity index (χ1n) is 8.00. The Hall–Kier alpha value is -1.59. The highest BCUT2D eigenvalue weighted by Crippen LogP contribution is 2.41. The van der Waals surface area contributed by atoms with Gasteiger partial charge >= 0.3 is 0 Å². The molecule has 0 radical (unpaired) electrons. The zero-order valence-corrected chi connectivity index (χ0v) is 14.3. The number of halogens is 1. The van der Waals surface area contributed by atoms with Gasteiger partial charge in [-0.25, -0.2) is 0 Å². The molecule has 0 bridgehead atoms. The molecule has 124 valence electrons. The third-order valence-corrected chi connectivity index (χ3v) is 5.11. The van der Waals surface area contributed by atoms with E-state index in [1.54, 1.807) is 6.07 Å². The maximum atomic E-state index is 12.4. The molecule has 6 heteroatoms. The monoisotopic (exact) mass is 335 g/mol. The zero-order valence-electron chi connectivity index (χ0n) is 13.5. The van der Waals surface area contributed by atoms with Crippen molar-refractivity contribution in [3.05, 3.63) is 28.8 Å².